The molecular formula is C8H11FO2. The topological polar surface area (TPSA) is 18.5 Å². The minimum atomic E-state index is -0.677. The Morgan fingerprint density at radius 3 is 2.00 bits per heavy atom. The van der Waals surface area contributed by atoms with Gasteiger partial charge in [0.15, 0.2) is 17.3 Å². The van der Waals surface area contributed by atoms with Gasteiger partial charge in [-0.3, -0.25) is 0 Å². The standard InChI is InChI=1S/C8H11FO2/c1-5-7(10-3)8(11-4)6(2)9/h5H,1-2H2,3-4H3/b8-7-. The van der Waals surface area contributed by atoms with Gasteiger partial charge >= 0.3 is 0 Å². The Labute approximate surface area is 65.6 Å². The Bertz CT molecular complexity index is 194. The molecule has 0 unspecified atom stereocenters. The zero-order valence-corrected chi connectivity index (χ0v) is 6.69. The van der Waals surface area contributed by atoms with E-state index in [9.17, 15) is 4.39 Å². The maximum Gasteiger partial charge on any atom is 0.196 e. The minimum Gasteiger partial charge on any atom is -0.493 e. The first-order chi connectivity index (χ1) is 5.17. The molecule has 0 saturated carbocycles. The van der Waals surface area contributed by atoms with Gasteiger partial charge in [0.1, 0.15) is 0 Å². The molecule has 0 aliphatic rings. The zero-order chi connectivity index (χ0) is 8.85. The molecule has 0 aromatic rings. The smallest absolute Gasteiger partial charge is 0.196 e. The summed E-state index contributed by atoms with van der Waals surface area (Å²) in [5, 5.41) is 0. The first-order valence-electron chi connectivity index (χ1n) is 2.96. The summed E-state index contributed by atoms with van der Waals surface area (Å²) in [6.07, 6.45) is 1.35. The predicted molar refractivity (Wildman–Crippen MR) is 41.5 cm³/mol. The monoisotopic (exact) mass is 158 g/mol. The molecule has 0 N–H and O–H groups in total. The molecule has 0 atom stereocenters. The van der Waals surface area contributed by atoms with Gasteiger partial charge in [0.05, 0.1) is 14.2 Å². The van der Waals surface area contributed by atoms with Gasteiger partial charge in [-0.15, -0.1) is 0 Å². The maximum absolute atomic E-state index is 12.5. The molecule has 0 spiro atoms. The molecule has 0 heterocycles. The van der Waals surface area contributed by atoms with Crippen LogP contribution in [0.1, 0.15) is 0 Å². The van der Waals surface area contributed by atoms with E-state index in [1.807, 2.05) is 0 Å². The van der Waals surface area contributed by atoms with Crippen LogP contribution in [0.25, 0.3) is 0 Å². The van der Waals surface area contributed by atoms with E-state index in [1.54, 1.807) is 0 Å². The Hall–Kier alpha value is -1.25. The first-order valence-corrected chi connectivity index (χ1v) is 2.96. The third-order valence-corrected chi connectivity index (χ3v) is 1.08. The van der Waals surface area contributed by atoms with Crippen LogP contribution in [0.4, 0.5) is 4.39 Å². The summed E-state index contributed by atoms with van der Waals surface area (Å²) >= 11 is 0. The molecule has 0 aliphatic heterocycles. The Morgan fingerprint density at radius 2 is 1.91 bits per heavy atom. The van der Waals surface area contributed by atoms with Gasteiger partial charge in [-0.1, -0.05) is 13.2 Å². The molecule has 0 saturated heterocycles. The third-order valence-electron chi connectivity index (χ3n) is 1.08. The Kier molecular flexibility index (Phi) is 4.03. The highest BCUT2D eigenvalue weighted by molar-refractivity contribution is 5.25. The molecular weight excluding hydrogens is 147 g/mol. The van der Waals surface area contributed by atoms with Gasteiger partial charge < -0.3 is 9.47 Å². The highest BCUT2D eigenvalue weighted by atomic mass is 19.1. The molecule has 0 aromatic heterocycles. The third kappa shape index (κ3) is 2.45. The van der Waals surface area contributed by atoms with Gasteiger partial charge in [0.2, 0.25) is 0 Å². The second-order valence-corrected chi connectivity index (χ2v) is 1.71. The van der Waals surface area contributed by atoms with Crippen LogP contribution in [0.3, 0.4) is 0 Å². The van der Waals surface area contributed by atoms with Gasteiger partial charge in [-0.25, -0.2) is 4.39 Å². The van der Waals surface area contributed by atoms with E-state index in [0.717, 1.165) is 0 Å². The van der Waals surface area contributed by atoms with E-state index < -0.39 is 5.83 Å². The van der Waals surface area contributed by atoms with Crippen molar-refractivity contribution in [3.05, 3.63) is 36.6 Å². The van der Waals surface area contributed by atoms with Crippen LogP contribution in [0, 0.1) is 0 Å². The zero-order valence-electron chi connectivity index (χ0n) is 6.69. The number of allylic oxidation sites excluding steroid dienone is 2. The second-order valence-electron chi connectivity index (χ2n) is 1.71. The van der Waals surface area contributed by atoms with Crippen molar-refractivity contribution in [1.29, 1.82) is 0 Å². The molecule has 0 bridgehead atoms. The predicted octanol–water partition coefficient (Wildman–Crippen LogP) is 2.16. The molecule has 0 aromatic carbocycles. The SMILES string of the molecule is C=C/C(OC)=C(/OC)C(=C)F. The Morgan fingerprint density at radius 1 is 1.36 bits per heavy atom. The van der Waals surface area contributed by atoms with Crippen molar-refractivity contribution in [3.63, 3.8) is 0 Å². The lowest BCUT2D eigenvalue weighted by Gasteiger charge is -2.06. The molecule has 62 valence electrons. The Balaban J connectivity index is 4.76. The number of rotatable bonds is 4. The van der Waals surface area contributed by atoms with Crippen molar-refractivity contribution in [1.82, 2.24) is 0 Å². The number of hydrogen-bond acceptors (Lipinski definition) is 2. The average molecular weight is 158 g/mol. The molecule has 3 heteroatoms. The minimum absolute atomic E-state index is 0.0255. The van der Waals surface area contributed by atoms with Gasteiger partial charge in [-0.05, 0) is 6.08 Å². The lowest BCUT2D eigenvalue weighted by atomic mass is 10.3. The lowest BCUT2D eigenvalue weighted by molar-refractivity contribution is 0.227. The number of ether oxygens (including phenoxy) is 2. The van der Waals surface area contributed by atoms with Crippen LogP contribution in [0.5, 0.6) is 0 Å². The molecule has 2 nitrogen and oxygen atoms in total. The summed E-state index contributed by atoms with van der Waals surface area (Å²) in [6, 6.07) is 0. The molecule has 0 radical (unpaired) electrons. The van der Waals surface area contributed by atoms with Crippen molar-refractivity contribution in [2.75, 3.05) is 14.2 Å². The fraction of sp³-hybridized carbons (Fsp3) is 0.250. The number of halogens is 1. The summed E-state index contributed by atoms with van der Waals surface area (Å²) < 4.78 is 21.9. The first kappa shape index (κ1) is 9.75. The van der Waals surface area contributed by atoms with Crippen molar-refractivity contribution >= 4 is 0 Å². The fourth-order valence-corrected chi connectivity index (χ4v) is 0.614. The molecule has 0 fully saturated rings. The molecule has 0 rings (SSSR count). The molecule has 0 amide bonds. The van der Waals surface area contributed by atoms with Gasteiger partial charge in [-0.2, -0.15) is 0 Å². The summed E-state index contributed by atoms with van der Waals surface area (Å²) in [5.74, 6) is -0.466. The summed E-state index contributed by atoms with van der Waals surface area (Å²) in [6.45, 7) is 6.48. The molecule has 11 heavy (non-hydrogen) atoms. The maximum atomic E-state index is 12.5. The summed E-state index contributed by atoms with van der Waals surface area (Å²) in [5.41, 5.74) is 0. The van der Waals surface area contributed by atoms with E-state index in [1.165, 1.54) is 20.3 Å². The van der Waals surface area contributed by atoms with Crippen LogP contribution in [0.2, 0.25) is 0 Å². The normalized spacial score (nSPS) is 11.5. The largest absolute Gasteiger partial charge is 0.493 e. The van der Waals surface area contributed by atoms with Crippen LogP contribution < -0.4 is 0 Å². The van der Waals surface area contributed by atoms with E-state index in [4.69, 9.17) is 4.74 Å². The number of methoxy groups -OCH3 is 2. The van der Waals surface area contributed by atoms with Crippen LogP contribution >= 0.6 is 0 Å². The van der Waals surface area contributed by atoms with Crippen LogP contribution in [0.15, 0.2) is 36.6 Å². The quantitative estimate of drug-likeness (QED) is 0.461. The lowest BCUT2D eigenvalue weighted by Crippen LogP contribution is -1.94. The van der Waals surface area contributed by atoms with Crippen molar-refractivity contribution in [3.8, 4) is 0 Å². The van der Waals surface area contributed by atoms with E-state index >= 15 is 0 Å². The highest BCUT2D eigenvalue weighted by Crippen LogP contribution is 2.16. The van der Waals surface area contributed by atoms with Crippen LogP contribution in [-0.4, -0.2) is 14.2 Å². The summed E-state index contributed by atoms with van der Waals surface area (Å²) in [4.78, 5) is 0. The highest BCUT2D eigenvalue weighted by Gasteiger charge is 2.07. The summed E-state index contributed by atoms with van der Waals surface area (Å²) in [7, 11) is 2.74. The second kappa shape index (κ2) is 4.55. The van der Waals surface area contributed by atoms with Gasteiger partial charge in [0.25, 0.3) is 0 Å². The van der Waals surface area contributed by atoms with E-state index in [-0.39, 0.29) is 11.5 Å². The van der Waals surface area contributed by atoms with Crippen molar-refractivity contribution in [2.24, 2.45) is 0 Å². The van der Waals surface area contributed by atoms with Crippen molar-refractivity contribution < 1.29 is 13.9 Å². The van der Waals surface area contributed by atoms with E-state index in [2.05, 4.69) is 17.9 Å². The van der Waals surface area contributed by atoms with Gasteiger partial charge in [0, 0.05) is 0 Å². The number of hydrogen-bond donors (Lipinski definition) is 0. The molecule has 0 aliphatic carbocycles. The van der Waals surface area contributed by atoms with Crippen molar-refractivity contribution in [2.45, 2.75) is 0 Å². The van der Waals surface area contributed by atoms with E-state index in [0.29, 0.717) is 0 Å². The fourth-order valence-electron chi connectivity index (χ4n) is 0.614. The van der Waals surface area contributed by atoms with Crippen LogP contribution in [-0.2, 0) is 9.47 Å². The average Bonchev–Trinajstić information content (AvgIpc) is 1.99.